The molecule has 7 nitrogen and oxygen atoms in total. The van der Waals surface area contributed by atoms with Crippen LogP contribution in [0, 0.1) is 0 Å². The first kappa shape index (κ1) is 27.9. The summed E-state index contributed by atoms with van der Waals surface area (Å²) >= 11 is 0. The van der Waals surface area contributed by atoms with Crippen molar-refractivity contribution in [2.24, 2.45) is 0 Å². The third kappa shape index (κ3) is 4.83. The van der Waals surface area contributed by atoms with Crippen LogP contribution in [0.1, 0.15) is 11.0 Å². The van der Waals surface area contributed by atoms with E-state index >= 15 is 0 Å². The Balaban J connectivity index is 1.22. The second-order valence-electron chi connectivity index (χ2n) is 15.8. The Morgan fingerprint density at radius 1 is 0.281 bits per heavy atom. The molecular formula is C57H35N7. The molecule has 298 valence electrons. The first-order valence-electron chi connectivity index (χ1n) is 25.0. The van der Waals surface area contributed by atoms with E-state index in [-0.39, 0.29) is 39.5 Å². The predicted octanol–water partition coefficient (Wildman–Crippen LogP) is 13.9. The quantitative estimate of drug-likeness (QED) is 0.174. The van der Waals surface area contributed by atoms with E-state index < -0.39 is 48.3 Å². The van der Waals surface area contributed by atoms with Gasteiger partial charge in [-0.25, -0.2) is 0 Å². The van der Waals surface area contributed by atoms with Gasteiger partial charge in [0.1, 0.15) is 0 Å². The molecule has 0 saturated carbocycles. The SMILES string of the molecule is [2H]c1c([2H])c([2H])c2c(c1[2H])c1c([2H])c([2H])c([2H])c([2H])c1n2-c1nc(-c2c(-n3c4ccccc4c4ccccc43)cccc2-n2c3ccccc3c3ccccc32)nc(-n2c3ccccc3c3ccccc32)n1. The summed E-state index contributed by atoms with van der Waals surface area (Å²) in [6, 6.07) is 50.9. The number of fused-ring (bicyclic) bond motifs is 12. The van der Waals surface area contributed by atoms with Gasteiger partial charge < -0.3 is 9.13 Å². The third-order valence-corrected chi connectivity index (χ3v) is 12.5. The van der Waals surface area contributed by atoms with Crippen molar-refractivity contribution in [2.75, 3.05) is 0 Å². The minimum atomic E-state index is -0.547. The maximum Gasteiger partial charge on any atom is 0.240 e. The minimum Gasteiger partial charge on any atom is -0.308 e. The molecule has 0 atom stereocenters. The van der Waals surface area contributed by atoms with Gasteiger partial charge in [-0.1, -0.05) is 152 Å². The van der Waals surface area contributed by atoms with Crippen molar-refractivity contribution in [2.45, 2.75) is 0 Å². The van der Waals surface area contributed by atoms with Crippen LogP contribution >= 0.6 is 0 Å². The highest BCUT2D eigenvalue weighted by Gasteiger charge is 2.26. The lowest BCUT2D eigenvalue weighted by atomic mass is 10.1. The van der Waals surface area contributed by atoms with Crippen molar-refractivity contribution in [3.63, 3.8) is 0 Å². The Labute approximate surface area is 377 Å². The van der Waals surface area contributed by atoms with Crippen molar-refractivity contribution in [3.05, 3.63) is 212 Å². The smallest absolute Gasteiger partial charge is 0.240 e. The molecule has 0 fully saturated rings. The monoisotopic (exact) mass is 825 g/mol. The van der Waals surface area contributed by atoms with E-state index in [0.29, 0.717) is 5.56 Å². The maximum absolute atomic E-state index is 9.48. The highest BCUT2D eigenvalue weighted by molar-refractivity contribution is 6.13. The topological polar surface area (TPSA) is 58.4 Å². The van der Waals surface area contributed by atoms with Gasteiger partial charge in [0.2, 0.25) is 11.9 Å². The molecule has 0 aliphatic carbocycles. The number of hydrogen-bond acceptors (Lipinski definition) is 3. The van der Waals surface area contributed by atoms with E-state index in [1.807, 2.05) is 120 Å². The lowest BCUT2D eigenvalue weighted by molar-refractivity contribution is 0.890. The summed E-state index contributed by atoms with van der Waals surface area (Å²) in [5.41, 5.74) is 7.14. The molecule has 0 bridgehead atoms. The van der Waals surface area contributed by atoms with Crippen LogP contribution in [0.25, 0.3) is 122 Å². The van der Waals surface area contributed by atoms with Crippen molar-refractivity contribution in [3.8, 4) is 34.7 Å². The van der Waals surface area contributed by atoms with Gasteiger partial charge in [0, 0.05) is 43.1 Å². The first-order valence-corrected chi connectivity index (χ1v) is 21.0. The Kier molecular flexibility index (Phi) is 5.82. The zero-order valence-corrected chi connectivity index (χ0v) is 33.7. The molecule has 0 aliphatic heterocycles. The van der Waals surface area contributed by atoms with E-state index in [1.165, 1.54) is 4.57 Å². The Morgan fingerprint density at radius 3 is 0.969 bits per heavy atom. The summed E-state index contributed by atoms with van der Waals surface area (Å²) < 4.78 is 80.6. The normalized spacial score (nSPS) is 13.8. The molecule has 64 heavy (non-hydrogen) atoms. The Morgan fingerprint density at radius 2 is 0.594 bits per heavy atom. The number of hydrogen-bond donors (Lipinski definition) is 0. The fourth-order valence-corrected chi connectivity index (χ4v) is 9.92. The van der Waals surface area contributed by atoms with E-state index in [4.69, 9.17) is 20.4 Å². The fraction of sp³-hybridized carbons (Fsp3) is 0. The van der Waals surface area contributed by atoms with E-state index in [2.05, 4.69) is 57.7 Å². The number of para-hydroxylation sites is 8. The molecule has 5 aromatic heterocycles. The number of benzene rings is 9. The number of rotatable bonds is 5. The van der Waals surface area contributed by atoms with E-state index in [9.17, 15) is 5.48 Å². The van der Waals surface area contributed by atoms with E-state index in [0.717, 1.165) is 76.8 Å². The number of nitrogens with zero attached hydrogens (tertiary/aromatic N) is 7. The van der Waals surface area contributed by atoms with Crippen molar-refractivity contribution in [1.82, 2.24) is 33.2 Å². The van der Waals surface area contributed by atoms with Crippen LogP contribution in [0.5, 0.6) is 0 Å². The van der Waals surface area contributed by atoms with Crippen LogP contribution in [-0.2, 0) is 0 Å². The Hall–Kier alpha value is -8.81. The van der Waals surface area contributed by atoms with Gasteiger partial charge in [0.25, 0.3) is 0 Å². The van der Waals surface area contributed by atoms with Gasteiger partial charge in [0.15, 0.2) is 5.82 Å². The van der Waals surface area contributed by atoms with Crippen LogP contribution in [0.2, 0.25) is 0 Å². The third-order valence-electron chi connectivity index (χ3n) is 12.5. The summed E-state index contributed by atoms with van der Waals surface area (Å²) in [4.78, 5) is 16.2. The van der Waals surface area contributed by atoms with Gasteiger partial charge in [-0.3, -0.25) is 9.13 Å². The molecule has 0 aliphatic rings. The highest BCUT2D eigenvalue weighted by atomic mass is 15.3. The molecule has 0 radical (unpaired) electrons. The second-order valence-corrected chi connectivity index (χ2v) is 15.8. The molecule has 14 aromatic rings. The average Bonchev–Trinajstić information content (AvgIpc) is 4.16. The molecule has 14 rings (SSSR count). The standard InChI is InChI=1S/C57H35N7/c1-9-26-44-36(18-1)37-19-2-10-27-45(37)61(44)52-34-17-35-53(62-46-28-11-3-20-38(46)39-21-4-12-29-47(39)62)54(52)55-58-56(63-48-30-13-5-22-40(48)41-23-6-14-31-49(41)63)60-57(59-55)64-50-32-15-7-24-42(50)43-25-8-16-33-51(43)64/h1-35H/i5D,6D,13D,14D,22D,23D,30D,31D. The molecule has 0 saturated heterocycles. The molecule has 0 amide bonds. The zero-order chi connectivity index (χ0) is 48.8. The van der Waals surface area contributed by atoms with Gasteiger partial charge in [0.05, 0.1) is 72.0 Å². The van der Waals surface area contributed by atoms with Crippen molar-refractivity contribution in [1.29, 1.82) is 0 Å². The van der Waals surface area contributed by atoms with Crippen LogP contribution in [0.3, 0.4) is 0 Å². The summed E-state index contributed by atoms with van der Waals surface area (Å²) in [6.07, 6.45) is 0. The van der Waals surface area contributed by atoms with Crippen LogP contribution < -0.4 is 0 Å². The van der Waals surface area contributed by atoms with Crippen molar-refractivity contribution >= 4 is 87.2 Å². The second kappa shape index (κ2) is 13.3. The predicted molar refractivity (Wildman–Crippen MR) is 263 cm³/mol. The molecule has 5 heterocycles. The van der Waals surface area contributed by atoms with Crippen molar-refractivity contribution < 1.29 is 11.0 Å². The van der Waals surface area contributed by atoms with Gasteiger partial charge in [-0.05, 0) is 60.6 Å². The lowest BCUT2D eigenvalue weighted by Gasteiger charge is -2.20. The first-order chi connectivity index (χ1) is 35.1. The molecule has 0 N–H and O–H groups in total. The fourth-order valence-electron chi connectivity index (χ4n) is 9.92. The zero-order valence-electron chi connectivity index (χ0n) is 41.7. The number of aromatic nitrogens is 7. The molecule has 0 spiro atoms. The minimum absolute atomic E-state index is 0.0833. The average molecular weight is 826 g/mol. The highest BCUT2D eigenvalue weighted by Crippen LogP contribution is 2.42. The molecule has 0 unspecified atom stereocenters. The molecule has 9 aromatic carbocycles. The maximum atomic E-state index is 9.48. The molecular weight excluding hydrogens is 783 g/mol. The van der Waals surface area contributed by atoms with Crippen LogP contribution in [0.4, 0.5) is 0 Å². The van der Waals surface area contributed by atoms with Gasteiger partial charge in [-0.15, -0.1) is 0 Å². The largest absolute Gasteiger partial charge is 0.308 e. The summed E-state index contributed by atoms with van der Waals surface area (Å²) in [6.45, 7) is 0. The lowest BCUT2D eigenvalue weighted by Crippen LogP contribution is -2.12. The summed E-state index contributed by atoms with van der Waals surface area (Å²) in [7, 11) is 0. The van der Waals surface area contributed by atoms with Crippen LogP contribution in [0.15, 0.2) is 212 Å². The summed E-state index contributed by atoms with van der Waals surface area (Å²) in [5, 5.41) is 5.87. The van der Waals surface area contributed by atoms with Crippen LogP contribution in [-0.4, -0.2) is 33.2 Å². The summed E-state index contributed by atoms with van der Waals surface area (Å²) in [5.74, 6) is 0.217. The van der Waals surface area contributed by atoms with Gasteiger partial charge >= 0.3 is 0 Å². The molecule has 7 heteroatoms. The van der Waals surface area contributed by atoms with Gasteiger partial charge in [-0.2, -0.15) is 15.0 Å². The van der Waals surface area contributed by atoms with E-state index in [1.54, 1.807) is 0 Å². The Bertz CT molecular complexity index is 4330.